The Balaban J connectivity index is 1.49. The molecule has 1 aromatic heterocycles. The summed E-state index contributed by atoms with van der Waals surface area (Å²) in [4.78, 5) is 23.4. The molecule has 6 heteroatoms. The summed E-state index contributed by atoms with van der Waals surface area (Å²) in [6.07, 6.45) is 4.13. The average Bonchev–Trinajstić information content (AvgIpc) is 3.02. The number of thiazole rings is 1. The van der Waals surface area contributed by atoms with Crippen molar-refractivity contribution in [1.82, 2.24) is 15.2 Å². The molecular weight excluding hydrogens is 320 g/mol. The molecule has 3 aliphatic rings. The smallest absolute Gasteiger partial charge is 0.223 e. The lowest BCUT2D eigenvalue weighted by Crippen LogP contribution is -2.52. The fraction of sp³-hybridized carbons (Fsp3) is 0.778. The molecule has 1 amide bonds. The SMILES string of the molecule is CC(C)(C)CC(=O)N1CCc2sc(N3C4CCC3CNC4)nc2C1. The molecule has 4 heterocycles. The molecule has 0 saturated carbocycles. The van der Waals surface area contributed by atoms with Gasteiger partial charge in [0.2, 0.25) is 5.91 Å². The second-order valence-electron chi connectivity index (χ2n) is 8.62. The van der Waals surface area contributed by atoms with E-state index in [0.717, 1.165) is 31.7 Å². The van der Waals surface area contributed by atoms with Gasteiger partial charge in [-0.1, -0.05) is 20.8 Å². The van der Waals surface area contributed by atoms with Crippen molar-refractivity contribution in [1.29, 1.82) is 0 Å². The Labute approximate surface area is 148 Å². The summed E-state index contributed by atoms with van der Waals surface area (Å²) >= 11 is 1.87. The molecule has 2 bridgehead atoms. The summed E-state index contributed by atoms with van der Waals surface area (Å²) in [7, 11) is 0. The van der Waals surface area contributed by atoms with Gasteiger partial charge in [-0.15, -0.1) is 11.3 Å². The fourth-order valence-corrected chi connectivity index (χ4v) is 5.37. The third kappa shape index (κ3) is 3.06. The zero-order chi connectivity index (χ0) is 16.9. The highest BCUT2D eigenvalue weighted by atomic mass is 32.1. The maximum atomic E-state index is 12.5. The summed E-state index contributed by atoms with van der Waals surface area (Å²) in [6, 6.07) is 1.21. The lowest BCUT2D eigenvalue weighted by Gasteiger charge is -2.35. The third-order valence-corrected chi connectivity index (χ3v) is 6.52. The number of nitrogens with one attached hydrogen (secondary N) is 1. The number of nitrogens with zero attached hydrogens (tertiary/aromatic N) is 3. The zero-order valence-corrected chi connectivity index (χ0v) is 15.8. The topological polar surface area (TPSA) is 48.5 Å². The van der Waals surface area contributed by atoms with E-state index in [0.29, 0.717) is 25.0 Å². The predicted molar refractivity (Wildman–Crippen MR) is 97.5 cm³/mol. The largest absolute Gasteiger partial charge is 0.340 e. The number of hydrogen-bond acceptors (Lipinski definition) is 5. The molecule has 2 atom stereocenters. The van der Waals surface area contributed by atoms with Crippen LogP contribution in [0.15, 0.2) is 0 Å². The number of fused-ring (bicyclic) bond motifs is 3. The molecule has 3 aliphatic heterocycles. The second kappa shape index (κ2) is 5.99. The van der Waals surface area contributed by atoms with Crippen molar-refractivity contribution in [2.75, 3.05) is 24.5 Å². The van der Waals surface area contributed by atoms with Crippen molar-refractivity contribution in [2.24, 2.45) is 5.41 Å². The van der Waals surface area contributed by atoms with E-state index in [2.05, 4.69) is 31.0 Å². The van der Waals surface area contributed by atoms with E-state index in [1.165, 1.54) is 22.9 Å². The van der Waals surface area contributed by atoms with Crippen LogP contribution in [0, 0.1) is 5.41 Å². The van der Waals surface area contributed by atoms with E-state index in [9.17, 15) is 4.79 Å². The van der Waals surface area contributed by atoms with Crippen molar-refractivity contribution < 1.29 is 4.79 Å². The van der Waals surface area contributed by atoms with E-state index in [1.54, 1.807) is 0 Å². The van der Waals surface area contributed by atoms with Crippen molar-refractivity contribution >= 4 is 22.4 Å². The number of amides is 1. The number of hydrogen-bond donors (Lipinski definition) is 1. The summed E-state index contributed by atoms with van der Waals surface area (Å²) in [5.74, 6) is 0.268. The van der Waals surface area contributed by atoms with Gasteiger partial charge >= 0.3 is 0 Å². The Hall–Kier alpha value is -1.14. The molecule has 132 valence electrons. The highest BCUT2D eigenvalue weighted by Gasteiger charge is 2.39. The van der Waals surface area contributed by atoms with E-state index < -0.39 is 0 Å². The molecule has 2 saturated heterocycles. The highest BCUT2D eigenvalue weighted by Crippen LogP contribution is 2.38. The maximum Gasteiger partial charge on any atom is 0.223 e. The number of anilines is 1. The van der Waals surface area contributed by atoms with Crippen LogP contribution >= 0.6 is 11.3 Å². The molecule has 0 spiro atoms. The van der Waals surface area contributed by atoms with Gasteiger partial charge in [-0.2, -0.15) is 0 Å². The molecule has 5 nitrogen and oxygen atoms in total. The molecule has 0 radical (unpaired) electrons. The molecule has 4 rings (SSSR count). The molecular formula is C18H28N4OS. The van der Waals surface area contributed by atoms with E-state index in [4.69, 9.17) is 4.98 Å². The number of rotatable bonds is 2. The number of carbonyl (C=O) groups is 1. The van der Waals surface area contributed by atoms with Crippen LogP contribution in [0.1, 0.15) is 50.6 Å². The van der Waals surface area contributed by atoms with Gasteiger partial charge in [0.1, 0.15) is 0 Å². The van der Waals surface area contributed by atoms with Gasteiger partial charge in [0.25, 0.3) is 0 Å². The molecule has 1 aromatic rings. The quantitative estimate of drug-likeness (QED) is 0.892. The first-order valence-electron chi connectivity index (χ1n) is 9.16. The standard InChI is InChI=1S/C18H28N4OS/c1-18(2,3)8-16(23)21-7-6-15-14(11-21)20-17(24-15)22-12-4-5-13(22)10-19-9-12/h12-13,19H,4-11H2,1-3H3. The molecule has 1 N–H and O–H groups in total. The van der Waals surface area contributed by atoms with Gasteiger partial charge in [0.15, 0.2) is 5.13 Å². The van der Waals surface area contributed by atoms with E-state index in [1.807, 2.05) is 16.2 Å². The Morgan fingerprint density at radius 3 is 2.67 bits per heavy atom. The minimum atomic E-state index is 0.0462. The van der Waals surface area contributed by atoms with Crippen LogP contribution in [0.4, 0.5) is 5.13 Å². The number of aromatic nitrogens is 1. The second-order valence-corrected chi connectivity index (χ2v) is 9.68. The first kappa shape index (κ1) is 16.3. The lowest BCUT2D eigenvalue weighted by molar-refractivity contribution is -0.134. The van der Waals surface area contributed by atoms with Gasteiger partial charge in [0, 0.05) is 49.4 Å². The zero-order valence-electron chi connectivity index (χ0n) is 15.0. The number of piperazine rings is 1. The Morgan fingerprint density at radius 2 is 2.00 bits per heavy atom. The molecule has 0 aromatic carbocycles. The monoisotopic (exact) mass is 348 g/mol. The Kier molecular flexibility index (Phi) is 4.07. The van der Waals surface area contributed by atoms with Crippen LogP contribution in [-0.2, 0) is 17.8 Å². The first-order chi connectivity index (χ1) is 11.4. The number of carbonyl (C=O) groups excluding carboxylic acids is 1. The van der Waals surface area contributed by atoms with Crippen LogP contribution in [0.5, 0.6) is 0 Å². The fourth-order valence-electron chi connectivity index (χ4n) is 4.16. The summed E-state index contributed by atoms with van der Waals surface area (Å²) in [5, 5.41) is 4.73. The first-order valence-corrected chi connectivity index (χ1v) is 9.98. The molecule has 0 aliphatic carbocycles. The van der Waals surface area contributed by atoms with Crippen LogP contribution in [0.25, 0.3) is 0 Å². The maximum absolute atomic E-state index is 12.5. The van der Waals surface area contributed by atoms with Gasteiger partial charge in [0.05, 0.1) is 12.2 Å². The van der Waals surface area contributed by atoms with Gasteiger partial charge in [-0.3, -0.25) is 4.79 Å². The van der Waals surface area contributed by atoms with Gasteiger partial charge < -0.3 is 15.1 Å². The van der Waals surface area contributed by atoms with Crippen molar-refractivity contribution in [3.63, 3.8) is 0 Å². The van der Waals surface area contributed by atoms with Crippen LogP contribution in [0.3, 0.4) is 0 Å². The Bertz CT molecular complexity index is 619. The predicted octanol–water partition coefficient (Wildman–Crippen LogP) is 2.40. The third-order valence-electron chi connectivity index (χ3n) is 5.35. The van der Waals surface area contributed by atoms with Crippen LogP contribution in [0.2, 0.25) is 0 Å². The van der Waals surface area contributed by atoms with Crippen molar-refractivity contribution in [3.05, 3.63) is 10.6 Å². The summed E-state index contributed by atoms with van der Waals surface area (Å²) in [6.45, 7) is 10.1. The normalized spacial score (nSPS) is 26.6. The van der Waals surface area contributed by atoms with E-state index in [-0.39, 0.29) is 11.3 Å². The Morgan fingerprint density at radius 1 is 1.29 bits per heavy atom. The highest BCUT2D eigenvalue weighted by molar-refractivity contribution is 7.15. The van der Waals surface area contributed by atoms with Gasteiger partial charge in [-0.25, -0.2) is 4.98 Å². The summed E-state index contributed by atoms with van der Waals surface area (Å²) < 4.78 is 0. The van der Waals surface area contributed by atoms with Crippen LogP contribution < -0.4 is 10.2 Å². The molecule has 2 fully saturated rings. The summed E-state index contributed by atoms with van der Waals surface area (Å²) in [5.41, 5.74) is 1.19. The van der Waals surface area contributed by atoms with Crippen LogP contribution in [-0.4, -0.2) is 47.5 Å². The minimum absolute atomic E-state index is 0.0462. The molecule has 2 unspecified atom stereocenters. The minimum Gasteiger partial charge on any atom is -0.340 e. The molecule has 24 heavy (non-hydrogen) atoms. The van der Waals surface area contributed by atoms with E-state index >= 15 is 0 Å². The lowest BCUT2D eigenvalue weighted by atomic mass is 9.91. The van der Waals surface area contributed by atoms with Crippen molar-refractivity contribution in [2.45, 2.75) is 65.1 Å². The van der Waals surface area contributed by atoms with Gasteiger partial charge in [-0.05, 0) is 18.3 Å². The average molecular weight is 349 g/mol. The van der Waals surface area contributed by atoms with Crippen molar-refractivity contribution in [3.8, 4) is 0 Å².